The molecule has 4 aliphatic rings. The number of allylic oxidation sites excluding steroid dienone is 2. The van der Waals surface area contributed by atoms with Crippen LogP contribution in [0.5, 0.6) is 0 Å². The molecule has 3 fully saturated rings. The fourth-order valence-electron chi connectivity index (χ4n) is 7.21. The van der Waals surface area contributed by atoms with E-state index in [4.69, 9.17) is 15.0 Å². The van der Waals surface area contributed by atoms with Gasteiger partial charge in [0, 0.05) is 24.8 Å². The Labute approximate surface area is 180 Å². The van der Waals surface area contributed by atoms with Gasteiger partial charge < -0.3 is 20.1 Å². The van der Waals surface area contributed by atoms with Gasteiger partial charge in [0.2, 0.25) is 0 Å². The average molecular weight is 415 g/mol. The molecule has 0 aromatic carbocycles. The Morgan fingerprint density at radius 2 is 1.93 bits per heavy atom. The molecule has 1 aromatic rings. The van der Waals surface area contributed by atoms with Gasteiger partial charge in [-0.3, -0.25) is 0 Å². The number of fused-ring (bicyclic) bond motifs is 5. The summed E-state index contributed by atoms with van der Waals surface area (Å²) in [7, 11) is 0. The highest BCUT2D eigenvalue weighted by molar-refractivity contribution is 5.94. The van der Waals surface area contributed by atoms with Crippen LogP contribution in [0.1, 0.15) is 76.7 Å². The minimum atomic E-state index is -0.0623. The Balaban J connectivity index is 0.000000204. The van der Waals surface area contributed by atoms with Crippen LogP contribution in [-0.4, -0.2) is 33.8 Å². The van der Waals surface area contributed by atoms with Gasteiger partial charge in [-0.05, 0) is 93.0 Å². The van der Waals surface area contributed by atoms with Crippen LogP contribution in [-0.2, 0) is 6.42 Å². The second kappa shape index (κ2) is 8.23. The highest BCUT2D eigenvalue weighted by atomic mass is 16.5. The zero-order valence-corrected chi connectivity index (χ0v) is 18.8. The lowest BCUT2D eigenvalue weighted by molar-refractivity contribution is -0.0721. The molecule has 5 heteroatoms. The first-order valence-corrected chi connectivity index (χ1v) is 11.8. The molecule has 0 radical (unpaired) electrons. The fraction of sp³-hybridized carbons (Fsp3) is 0.760. The quantitative estimate of drug-likeness (QED) is 0.645. The van der Waals surface area contributed by atoms with Gasteiger partial charge >= 0.3 is 0 Å². The van der Waals surface area contributed by atoms with E-state index in [1.165, 1.54) is 38.5 Å². The summed E-state index contributed by atoms with van der Waals surface area (Å²) in [4.78, 5) is 0. The van der Waals surface area contributed by atoms with E-state index in [9.17, 15) is 5.11 Å². The first kappa shape index (κ1) is 21.8. The van der Waals surface area contributed by atoms with Crippen LogP contribution in [0.4, 0.5) is 0 Å². The molecule has 1 aromatic heterocycles. The third-order valence-electron chi connectivity index (χ3n) is 8.99. The van der Waals surface area contributed by atoms with Crippen LogP contribution in [0.3, 0.4) is 0 Å². The standard InChI is InChI=1S/C19H29NO.C6H9NO2/c1-18-9-7-13(20)11-12(18)3-4-14-15-5-6-17(21)19(15,2)10-8-16(14)18;1-5-4-6(2-3-8)7-9-5/h11,14-17,20-21H,3-10H2,1-2H3;4,8H,2-3H2,1H3/t14?,15?,16?,17-,18-,19?;/m0./s1. The predicted molar refractivity (Wildman–Crippen MR) is 117 cm³/mol. The van der Waals surface area contributed by atoms with Gasteiger partial charge in [0.1, 0.15) is 5.76 Å². The lowest BCUT2D eigenvalue weighted by Gasteiger charge is -2.57. The van der Waals surface area contributed by atoms with Crippen LogP contribution >= 0.6 is 0 Å². The molecule has 1 heterocycles. The number of aromatic nitrogens is 1. The van der Waals surface area contributed by atoms with Crippen molar-refractivity contribution in [1.29, 1.82) is 5.41 Å². The van der Waals surface area contributed by atoms with E-state index in [1.807, 2.05) is 13.0 Å². The van der Waals surface area contributed by atoms with E-state index in [0.29, 0.717) is 11.8 Å². The molecule has 5 nitrogen and oxygen atoms in total. The topological polar surface area (TPSA) is 90.3 Å². The van der Waals surface area contributed by atoms with Crippen molar-refractivity contribution in [3.05, 3.63) is 29.2 Å². The maximum atomic E-state index is 10.5. The number of nitrogens with zero attached hydrogens (tertiary/aromatic N) is 1. The van der Waals surface area contributed by atoms with Gasteiger partial charge in [-0.15, -0.1) is 0 Å². The van der Waals surface area contributed by atoms with E-state index >= 15 is 0 Å². The third kappa shape index (κ3) is 3.69. The summed E-state index contributed by atoms with van der Waals surface area (Å²) in [6.07, 6.45) is 12.1. The lowest BCUT2D eigenvalue weighted by atomic mass is 9.47. The van der Waals surface area contributed by atoms with E-state index in [1.54, 1.807) is 5.57 Å². The van der Waals surface area contributed by atoms with E-state index < -0.39 is 0 Å². The van der Waals surface area contributed by atoms with Crippen LogP contribution in [0.25, 0.3) is 0 Å². The smallest absolute Gasteiger partial charge is 0.133 e. The van der Waals surface area contributed by atoms with E-state index in [-0.39, 0.29) is 18.1 Å². The number of hydrogen-bond donors (Lipinski definition) is 3. The van der Waals surface area contributed by atoms with Gasteiger partial charge in [0.05, 0.1) is 11.8 Å². The Kier molecular flexibility index (Phi) is 5.97. The highest BCUT2D eigenvalue weighted by Gasteiger charge is 2.58. The Morgan fingerprint density at radius 1 is 1.13 bits per heavy atom. The van der Waals surface area contributed by atoms with E-state index in [2.05, 4.69) is 25.1 Å². The normalized spacial score (nSPS) is 39.9. The molecule has 0 spiro atoms. The maximum Gasteiger partial charge on any atom is 0.133 e. The number of rotatable bonds is 2. The lowest BCUT2D eigenvalue weighted by Crippen LogP contribution is -2.51. The molecule has 3 N–H and O–H groups in total. The molecule has 0 aliphatic heterocycles. The molecule has 6 atom stereocenters. The molecule has 4 aliphatic carbocycles. The van der Waals surface area contributed by atoms with Crippen molar-refractivity contribution in [3.63, 3.8) is 0 Å². The van der Waals surface area contributed by atoms with E-state index in [0.717, 1.165) is 47.8 Å². The van der Waals surface area contributed by atoms with Crippen LogP contribution in [0, 0.1) is 40.9 Å². The van der Waals surface area contributed by atoms with Crippen molar-refractivity contribution in [1.82, 2.24) is 5.16 Å². The highest BCUT2D eigenvalue weighted by Crippen LogP contribution is 2.65. The summed E-state index contributed by atoms with van der Waals surface area (Å²) in [6.45, 7) is 6.80. The Morgan fingerprint density at radius 3 is 2.63 bits per heavy atom. The molecule has 3 saturated carbocycles. The molecule has 0 bridgehead atoms. The summed E-state index contributed by atoms with van der Waals surface area (Å²) in [6, 6.07) is 1.82. The molecular formula is C25H38N2O3. The summed E-state index contributed by atoms with van der Waals surface area (Å²) < 4.78 is 4.76. The monoisotopic (exact) mass is 414 g/mol. The SMILES string of the molecule is CC12CCC3C(CCC4=CC(=N)CC[C@@]43C)C1CC[C@@H]2O.Cc1cc(CCO)no1. The Bertz CT molecular complexity index is 815. The average Bonchev–Trinajstić information content (AvgIpc) is 3.26. The summed E-state index contributed by atoms with van der Waals surface area (Å²) in [5.74, 6) is 3.15. The number of aryl methyl sites for hydroxylation is 1. The number of aliphatic hydroxyl groups excluding tert-OH is 2. The molecule has 0 amide bonds. The van der Waals surface area contributed by atoms with Crippen molar-refractivity contribution in [3.8, 4) is 0 Å². The van der Waals surface area contributed by atoms with Crippen molar-refractivity contribution < 1.29 is 14.7 Å². The predicted octanol–water partition coefficient (Wildman–Crippen LogP) is 4.85. The second-order valence-electron chi connectivity index (χ2n) is 10.6. The Hall–Kier alpha value is -1.46. The van der Waals surface area contributed by atoms with Crippen molar-refractivity contribution in [2.45, 2.75) is 84.7 Å². The van der Waals surface area contributed by atoms with Crippen LogP contribution in [0.2, 0.25) is 0 Å². The number of hydrogen-bond acceptors (Lipinski definition) is 5. The molecule has 30 heavy (non-hydrogen) atoms. The summed E-state index contributed by atoms with van der Waals surface area (Å²) in [5, 5.41) is 30.6. The van der Waals surface area contributed by atoms with Crippen molar-refractivity contribution in [2.24, 2.45) is 28.6 Å². The number of nitrogens with one attached hydrogen (secondary N) is 1. The molecule has 5 rings (SSSR count). The van der Waals surface area contributed by atoms with Gasteiger partial charge in [-0.1, -0.05) is 24.6 Å². The molecule has 4 unspecified atom stereocenters. The van der Waals surface area contributed by atoms with Crippen molar-refractivity contribution in [2.75, 3.05) is 6.61 Å². The third-order valence-corrected chi connectivity index (χ3v) is 8.99. The minimum absolute atomic E-state index is 0.0623. The molecule has 0 saturated heterocycles. The van der Waals surface area contributed by atoms with Crippen LogP contribution in [0.15, 0.2) is 22.2 Å². The number of aliphatic hydroxyl groups is 2. The van der Waals surface area contributed by atoms with Gasteiger partial charge in [-0.2, -0.15) is 0 Å². The summed E-state index contributed by atoms with van der Waals surface area (Å²) in [5.41, 5.74) is 3.78. The van der Waals surface area contributed by atoms with Gasteiger partial charge in [0.25, 0.3) is 0 Å². The zero-order valence-electron chi connectivity index (χ0n) is 18.8. The largest absolute Gasteiger partial charge is 0.396 e. The first-order chi connectivity index (χ1) is 14.3. The zero-order chi connectivity index (χ0) is 21.5. The second-order valence-corrected chi connectivity index (χ2v) is 10.6. The van der Waals surface area contributed by atoms with Gasteiger partial charge in [0.15, 0.2) is 0 Å². The van der Waals surface area contributed by atoms with Crippen LogP contribution < -0.4 is 0 Å². The fourth-order valence-corrected chi connectivity index (χ4v) is 7.21. The first-order valence-electron chi connectivity index (χ1n) is 11.8. The molecule has 166 valence electrons. The van der Waals surface area contributed by atoms with Gasteiger partial charge in [-0.25, -0.2) is 0 Å². The summed E-state index contributed by atoms with van der Waals surface area (Å²) >= 11 is 0. The maximum absolute atomic E-state index is 10.5. The molecular weight excluding hydrogens is 376 g/mol. The minimum Gasteiger partial charge on any atom is -0.396 e. The van der Waals surface area contributed by atoms with Crippen molar-refractivity contribution >= 4 is 5.71 Å².